The van der Waals surface area contributed by atoms with E-state index in [-0.39, 0.29) is 50.6 Å². The summed E-state index contributed by atoms with van der Waals surface area (Å²) >= 11 is 0. The zero-order valence-corrected chi connectivity index (χ0v) is 32.5. The molecule has 0 aromatic rings. The fourth-order valence-corrected chi connectivity index (χ4v) is 6.78. The number of methoxy groups -OCH3 is 1. The number of hydrogen-bond acceptors (Lipinski definition) is 12. The predicted molar refractivity (Wildman–Crippen MR) is 202 cm³/mol. The highest BCUT2D eigenvalue weighted by molar-refractivity contribution is 5.91. The lowest BCUT2D eigenvalue weighted by Gasteiger charge is -2.53. The van der Waals surface area contributed by atoms with E-state index in [0.717, 1.165) is 5.57 Å². The van der Waals surface area contributed by atoms with Gasteiger partial charge in [-0.15, -0.1) is 0 Å². The first-order valence-corrected chi connectivity index (χ1v) is 18.7. The Kier molecular flexibility index (Phi) is 17.5. The van der Waals surface area contributed by atoms with Crippen molar-refractivity contribution in [3.63, 3.8) is 0 Å². The highest BCUT2D eigenvalue weighted by atomic mass is 16.7. The van der Waals surface area contributed by atoms with Gasteiger partial charge in [0.05, 0.1) is 24.4 Å². The molecule has 17 nitrogen and oxygen atoms in total. The maximum Gasteiger partial charge on any atom is 0.326 e. The Balaban J connectivity index is 1.48. The maximum absolute atomic E-state index is 13.4. The van der Waals surface area contributed by atoms with E-state index in [0.29, 0.717) is 25.7 Å². The van der Waals surface area contributed by atoms with Gasteiger partial charge in [0, 0.05) is 43.9 Å². The molecule has 0 saturated carbocycles. The third kappa shape index (κ3) is 12.7. The fraction of sp³-hybridized carbons (Fsp3) is 0.684. The number of aliphatic hydroxyl groups is 3. The predicted octanol–water partition coefficient (Wildman–Crippen LogP) is 0.874. The lowest BCUT2D eigenvalue weighted by Crippen LogP contribution is -2.69. The van der Waals surface area contributed by atoms with Gasteiger partial charge in [0.1, 0.15) is 25.0 Å². The van der Waals surface area contributed by atoms with Crippen LogP contribution in [0.1, 0.15) is 72.6 Å². The number of aliphatic imine (C=N–C) groups is 1. The molecular formula is C38H61N5O12. The number of amides is 2. The Morgan fingerprint density at radius 2 is 1.78 bits per heavy atom. The van der Waals surface area contributed by atoms with E-state index in [9.17, 15) is 34.8 Å². The van der Waals surface area contributed by atoms with Crippen LogP contribution >= 0.6 is 0 Å². The first-order chi connectivity index (χ1) is 25.9. The van der Waals surface area contributed by atoms with Gasteiger partial charge < -0.3 is 66.2 Å². The van der Waals surface area contributed by atoms with Crippen LogP contribution in [0.5, 0.6) is 0 Å². The van der Waals surface area contributed by atoms with Crippen LogP contribution in [-0.4, -0.2) is 125 Å². The SMILES string of the molecule is C=C1C[C@](OC)([C@H](O)C(=O)N[C@H]2OCO[C@H]3[C@@H]2O[C@H](C[C@H](O)CCC/C=C/C=C/C=C/C(=O)N[C@@H](CCCN=C(N)N)C(=O)O)C(C)(C)[C@@H]3O)O[C@H](C)[C@@H]1C. The summed E-state index contributed by atoms with van der Waals surface area (Å²) in [6, 6.07) is -1.07. The Labute approximate surface area is 322 Å². The number of carbonyl (C=O) groups excluding carboxylic acids is 2. The van der Waals surface area contributed by atoms with Crippen molar-refractivity contribution in [2.45, 2.75) is 133 Å². The number of ether oxygens (including phenoxy) is 5. The molecule has 0 aromatic heterocycles. The molecule has 2 amide bonds. The zero-order chi connectivity index (χ0) is 40.9. The number of carboxylic acids is 1. The van der Waals surface area contributed by atoms with Crippen LogP contribution in [0, 0.1) is 11.3 Å². The Hall–Kier alpha value is -3.68. The standard InChI is InChI=1S/C38H61N5O12/c1-22-20-38(51-6,55-24(3)23(22)2)32(47)33(48)43-34-30-29(52-21-53-34)31(46)37(4,5)27(54-30)19-25(44)15-12-10-8-7-9-11-13-17-28(45)42-26(35(49)50)16-14-18-41-36(39)40/h7-9,11,13,17,23-27,29-32,34,44,46-47H,1,10,12,14-16,18-21H2,2-6H3,(H,42,45)(H,43,48)(H,49,50)(H4,39,40,41)/b8-7+,11-9+,17-13+/t23-,24-,25-,26+,27-,29+,30+,31-,32-,34+,38-/m1/s1. The zero-order valence-electron chi connectivity index (χ0n) is 32.5. The number of guanidine groups is 1. The van der Waals surface area contributed by atoms with E-state index < -0.39 is 77.9 Å². The highest BCUT2D eigenvalue weighted by Gasteiger charge is 2.56. The van der Waals surface area contributed by atoms with E-state index in [1.165, 1.54) is 19.3 Å². The first-order valence-electron chi connectivity index (χ1n) is 18.7. The summed E-state index contributed by atoms with van der Waals surface area (Å²) in [4.78, 5) is 40.7. The fourth-order valence-electron chi connectivity index (χ4n) is 6.78. The number of fused-ring (bicyclic) bond motifs is 1. The van der Waals surface area contributed by atoms with Crippen molar-refractivity contribution in [2.75, 3.05) is 20.4 Å². The van der Waals surface area contributed by atoms with Crippen LogP contribution in [0.4, 0.5) is 0 Å². The Morgan fingerprint density at radius 1 is 1.07 bits per heavy atom. The van der Waals surface area contributed by atoms with Crippen molar-refractivity contribution >= 4 is 23.7 Å². The van der Waals surface area contributed by atoms with Gasteiger partial charge in [0.15, 0.2) is 18.3 Å². The third-order valence-corrected chi connectivity index (χ3v) is 10.5. The van der Waals surface area contributed by atoms with Crippen LogP contribution < -0.4 is 22.1 Å². The molecule has 3 heterocycles. The summed E-state index contributed by atoms with van der Waals surface area (Å²) < 4.78 is 29.4. The lowest BCUT2D eigenvalue weighted by molar-refractivity contribution is -0.330. The molecular weight excluding hydrogens is 718 g/mol. The molecule has 3 fully saturated rings. The monoisotopic (exact) mass is 779 g/mol. The van der Waals surface area contributed by atoms with Gasteiger partial charge in [-0.2, -0.15) is 0 Å². The number of aliphatic hydroxyl groups excluding tert-OH is 3. The maximum atomic E-state index is 13.4. The van der Waals surface area contributed by atoms with Crippen LogP contribution in [0.3, 0.4) is 0 Å². The molecule has 10 N–H and O–H groups in total. The smallest absolute Gasteiger partial charge is 0.326 e. The van der Waals surface area contributed by atoms with Crippen molar-refractivity contribution in [1.29, 1.82) is 0 Å². The summed E-state index contributed by atoms with van der Waals surface area (Å²) in [6.07, 6.45) is 5.02. The number of aliphatic carboxylic acids is 1. The molecule has 3 aliphatic rings. The molecule has 0 spiro atoms. The molecule has 0 unspecified atom stereocenters. The van der Waals surface area contributed by atoms with Gasteiger partial charge in [0.2, 0.25) is 11.7 Å². The molecule has 11 atom stereocenters. The van der Waals surface area contributed by atoms with Crippen LogP contribution in [0.2, 0.25) is 0 Å². The van der Waals surface area contributed by atoms with Crippen molar-refractivity contribution in [1.82, 2.24) is 10.6 Å². The number of unbranched alkanes of at least 4 members (excludes halogenated alkanes) is 1. The van der Waals surface area contributed by atoms with Crippen molar-refractivity contribution in [3.05, 3.63) is 48.6 Å². The number of carboxylic acid groups (broad SMARTS) is 1. The molecule has 0 bridgehead atoms. The quantitative estimate of drug-likeness (QED) is 0.0226. The van der Waals surface area contributed by atoms with Gasteiger partial charge in [0.25, 0.3) is 5.91 Å². The Bertz CT molecular complexity index is 1430. The van der Waals surface area contributed by atoms with Gasteiger partial charge in [-0.05, 0) is 39.0 Å². The van der Waals surface area contributed by atoms with E-state index in [4.69, 9.17) is 35.2 Å². The average molecular weight is 780 g/mol. The molecule has 3 rings (SSSR count). The van der Waals surface area contributed by atoms with E-state index >= 15 is 0 Å². The normalized spacial score (nSPS) is 31.1. The minimum absolute atomic E-state index is 0.00506. The van der Waals surface area contributed by atoms with Crippen molar-refractivity contribution in [2.24, 2.45) is 27.8 Å². The number of rotatable bonds is 19. The average Bonchev–Trinajstić information content (AvgIpc) is 3.12. The van der Waals surface area contributed by atoms with Crippen LogP contribution in [0.25, 0.3) is 0 Å². The Morgan fingerprint density at radius 3 is 2.44 bits per heavy atom. The van der Waals surface area contributed by atoms with Crippen LogP contribution in [0.15, 0.2) is 53.6 Å². The number of allylic oxidation sites excluding steroid dienone is 5. The van der Waals surface area contributed by atoms with E-state index in [2.05, 4.69) is 22.2 Å². The first kappa shape index (κ1) is 45.7. The second-order valence-electron chi connectivity index (χ2n) is 14.9. The van der Waals surface area contributed by atoms with Gasteiger partial charge in [-0.25, -0.2) is 4.79 Å². The third-order valence-electron chi connectivity index (χ3n) is 10.5. The van der Waals surface area contributed by atoms with Crippen molar-refractivity contribution in [3.8, 4) is 0 Å². The number of nitrogens with one attached hydrogen (secondary N) is 2. The molecule has 0 aromatic carbocycles. The summed E-state index contributed by atoms with van der Waals surface area (Å²) in [6.45, 7) is 11.5. The number of nitrogens with zero attached hydrogens (tertiary/aromatic N) is 1. The number of carbonyl (C=O) groups is 3. The number of nitrogens with two attached hydrogens (primary N) is 2. The van der Waals surface area contributed by atoms with Crippen molar-refractivity contribution < 1.29 is 58.5 Å². The lowest BCUT2D eigenvalue weighted by atomic mass is 9.72. The van der Waals surface area contributed by atoms with Gasteiger partial charge in [-0.1, -0.05) is 63.3 Å². The molecule has 3 saturated heterocycles. The molecule has 310 valence electrons. The van der Waals surface area contributed by atoms with Crippen LogP contribution in [-0.2, 0) is 38.1 Å². The minimum atomic E-state index is -1.73. The van der Waals surface area contributed by atoms with Gasteiger partial charge >= 0.3 is 5.97 Å². The second kappa shape index (κ2) is 21.0. The summed E-state index contributed by atoms with van der Waals surface area (Å²) in [5.41, 5.74) is 10.5. The molecule has 3 aliphatic heterocycles. The topological polar surface area (TPSA) is 267 Å². The minimum Gasteiger partial charge on any atom is -0.480 e. The van der Waals surface area contributed by atoms with E-state index in [1.807, 2.05) is 33.8 Å². The second-order valence-corrected chi connectivity index (χ2v) is 14.9. The highest BCUT2D eigenvalue weighted by Crippen LogP contribution is 2.43. The molecule has 0 radical (unpaired) electrons. The molecule has 17 heteroatoms. The molecule has 0 aliphatic carbocycles. The largest absolute Gasteiger partial charge is 0.480 e. The van der Waals surface area contributed by atoms with E-state index in [1.54, 1.807) is 18.2 Å². The van der Waals surface area contributed by atoms with Gasteiger partial charge in [-0.3, -0.25) is 14.6 Å². The number of hydrogen-bond donors (Lipinski definition) is 8. The summed E-state index contributed by atoms with van der Waals surface area (Å²) in [5, 5.41) is 48.0. The summed E-state index contributed by atoms with van der Waals surface area (Å²) in [5.74, 6) is -4.24. The molecule has 55 heavy (non-hydrogen) atoms. The summed E-state index contributed by atoms with van der Waals surface area (Å²) in [7, 11) is 1.36.